The Hall–Kier alpha value is -3.10. The van der Waals surface area contributed by atoms with Crippen LogP contribution in [0.5, 0.6) is 0 Å². The van der Waals surface area contributed by atoms with Crippen LogP contribution in [0.25, 0.3) is 21.8 Å². The van der Waals surface area contributed by atoms with Crippen LogP contribution < -0.4 is 10.6 Å². The van der Waals surface area contributed by atoms with Gasteiger partial charge in [0, 0.05) is 23.9 Å². The molecule has 0 atom stereocenters. The molecule has 1 aromatic carbocycles. The first-order chi connectivity index (χ1) is 13.7. The number of amides is 2. The molecular weight excluding hydrogens is 360 g/mol. The average Bonchev–Trinajstić information content (AvgIpc) is 2.73. The van der Waals surface area contributed by atoms with E-state index in [9.17, 15) is 9.59 Å². The van der Waals surface area contributed by atoms with E-state index >= 15 is 0 Å². The molecule has 2 amide bonds. The lowest BCUT2D eigenvalue weighted by Gasteiger charge is -2.10. The lowest BCUT2D eigenvalue weighted by Crippen LogP contribution is -2.29. The van der Waals surface area contributed by atoms with Crippen molar-refractivity contribution in [3.8, 4) is 0 Å². The van der Waals surface area contributed by atoms with Gasteiger partial charge >= 0.3 is 0 Å². The molecule has 0 radical (unpaired) electrons. The third kappa shape index (κ3) is 3.92. The molecular formula is C20H20N4O4. The van der Waals surface area contributed by atoms with E-state index < -0.39 is 0 Å². The first-order valence-corrected chi connectivity index (χ1v) is 9.15. The number of hydrogen-bond donors (Lipinski definition) is 2. The molecule has 1 aliphatic rings. The van der Waals surface area contributed by atoms with E-state index in [0.29, 0.717) is 61.9 Å². The Morgan fingerprint density at radius 1 is 0.643 bits per heavy atom. The summed E-state index contributed by atoms with van der Waals surface area (Å²) in [5.41, 5.74) is 1.75. The fourth-order valence-electron chi connectivity index (χ4n) is 3.00. The van der Waals surface area contributed by atoms with Gasteiger partial charge in [-0.1, -0.05) is 24.3 Å². The SMILES string of the molecule is O=C1NCCOCCOCCNC(=O)c2ccc3ccc4ccc1nc4c3n2. The molecule has 3 heterocycles. The topological polar surface area (TPSA) is 102 Å². The third-order valence-electron chi connectivity index (χ3n) is 4.42. The van der Waals surface area contributed by atoms with Crippen molar-refractivity contribution in [3.63, 3.8) is 0 Å². The van der Waals surface area contributed by atoms with E-state index in [2.05, 4.69) is 20.6 Å². The van der Waals surface area contributed by atoms with Crippen LogP contribution in [0.2, 0.25) is 0 Å². The van der Waals surface area contributed by atoms with E-state index in [1.165, 1.54) is 0 Å². The molecule has 2 N–H and O–H groups in total. The lowest BCUT2D eigenvalue weighted by molar-refractivity contribution is 0.0485. The van der Waals surface area contributed by atoms with Gasteiger partial charge in [-0.05, 0) is 12.1 Å². The van der Waals surface area contributed by atoms with E-state index in [-0.39, 0.29) is 11.8 Å². The van der Waals surface area contributed by atoms with E-state index in [4.69, 9.17) is 9.47 Å². The van der Waals surface area contributed by atoms with Crippen LogP contribution in [0.15, 0.2) is 36.4 Å². The maximum Gasteiger partial charge on any atom is 0.269 e. The molecule has 2 aromatic heterocycles. The van der Waals surface area contributed by atoms with Gasteiger partial charge in [-0.3, -0.25) is 9.59 Å². The van der Waals surface area contributed by atoms with E-state index in [1.807, 2.05) is 24.3 Å². The zero-order valence-electron chi connectivity index (χ0n) is 15.2. The van der Waals surface area contributed by atoms with Crippen LogP contribution in [0.1, 0.15) is 21.0 Å². The van der Waals surface area contributed by atoms with Crippen molar-refractivity contribution in [1.29, 1.82) is 0 Å². The highest BCUT2D eigenvalue weighted by Gasteiger charge is 2.13. The van der Waals surface area contributed by atoms with Crippen molar-refractivity contribution < 1.29 is 19.1 Å². The zero-order chi connectivity index (χ0) is 19.3. The van der Waals surface area contributed by atoms with Crippen LogP contribution in [0.4, 0.5) is 0 Å². The standard InChI is InChI=1S/C20H20N4O4/c25-19-15-5-3-13-1-2-14-4-6-16(24-18(14)17(13)23-15)20(26)22-8-10-28-12-11-27-9-7-21-19/h1-6H,7-12H2,(H,21,25)(H,22,26). The molecule has 0 aliphatic carbocycles. The summed E-state index contributed by atoms with van der Waals surface area (Å²) < 4.78 is 10.8. The molecule has 4 bridgehead atoms. The Kier molecular flexibility index (Phi) is 5.41. The van der Waals surface area contributed by atoms with Gasteiger partial charge in [0.05, 0.1) is 37.5 Å². The maximum absolute atomic E-state index is 12.4. The molecule has 8 heteroatoms. The minimum atomic E-state index is -0.284. The van der Waals surface area contributed by atoms with Crippen molar-refractivity contribution in [1.82, 2.24) is 20.6 Å². The summed E-state index contributed by atoms with van der Waals surface area (Å²) in [7, 11) is 0. The molecule has 28 heavy (non-hydrogen) atoms. The number of ether oxygens (including phenoxy) is 2. The number of aromatic nitrogens is 2. The van der Waals surface area contributed by atoms with Crippen molar-refractivity contribution in [2.75, 3.05) is 39.5 Å². The summed E-state index contributed by atoms with van der Waals surface area (Å²) in [6.07, 6.45) is 0. The lowest BCUT2D eigenvalue weighted by atomic mass is 10.1. The predicted molar refractivity (Wildman–Crippen MR) is 103 cm³/mol. The van der Waals surface area contributed by atoms with Crippen molar-refractivity contribution >= 4 is 33.6 Å². The predicted octanol–water partition coefficient (Wildman–Crippen LogP) is 1.29. The molecule has 144 valence electrons. The van der Waals surface area contributed by atoms with Crippen LogP contribution in [-0.2, 0) is 9.47 Å². The van der Waals surface area contributed by atoms with Gasteiger partial charge in [0.15, 0.2) is 0 Å². The molecule has 8 nitrogen and oxygen atoms in total. The van der Waals surface area contributed by atoms with E-state index in [0.717, 1.165) is 10.8 Å². The Morgan fingerprint density at radius 3 is 1.54 bits per heavy atom. The molecule has 4 rings (SSSR count). The van der Waals surface area contributed by atoms with Crippen molar-refractivity contribution in [3.05, 3.63) is 47.8 Å². The van der Waals surface area contributed by atoms with Gasteiger partial charge < -0.3 is 20.1 Å². The number of benzene rings is 1. The summed E-state index contributed by atoms with van der Waals surface area (Å²) in [5.74, 6) is -0.567. The number of rotatable bonds is 0. The number of pyridine rings is 2. The fraction of sp³-hybridized carbons (Fsp3) is 0.300. The zero-order valence-corrected chi connectivity index (χ0v) is 15.2. The molecule has 0 fully saturated rings. The summed E-state index contributed by atoms with van der Waals surface area (Å²) in [5, 5.41) is 7.28. The highest BCUT2D eigenvalue weighted by molar-refractivity contribution is 6.06. The Morgan fingerprint density at radius 2 is 1.07 bits per heavy atom. The highest BCUT2D eigenvalue weighted by Crippen LogP contribution is 2.23. The Labute approximate surface area is 161 Å². The first kappa shape index (κ1) is 18.3. The van der Waals surface area contributed by atoms with Gasteiger partial charge in [-0.15, -0.1) is 0 Å². The highest BCUT2D eigenvalue weighted by atomic mass is 16.5. The molecule has 1 aliphatic heterocycles. The molecule has 0 saturated heterocycles. The summed E-state index contributed by atoms with van der Waals surface area (Å²) in [6, 6.07) is 10.9. The Balaban J connectivity index is 1.75. The van der Waals surface area contributed by atoms with E-state index in [1.54, 1.807) is 12.1 Å². The number of fused-ring (bicyclic) bond motifs is 2. The number of nitrogens with zero attached hydrogens (tertiary/aromatic N) is 2. The van der Waals surface area contributed by atoms with Gasteiger partial charge in [-0.2, -0.15) is 0 Å². The number of carbonyl (C=O) groups excluding carboxylic acids is 2. The van der Waals surface area contributed by atoms with Crippen molar-refractivity contribution in [2.45, 2.75) is 0 Å². The Bertz CT molecular complexity index is 955. The minimum Gasteiger partial charge on any atom is -0.377 e. The number of nitrogens with one attached hydrogen (secondary N) is 2. The van der Waals surface area contributed by atoms with Gasteiger partial charge in [0.2, 0.25) is 0 Å². The molecule has 0 saturated carbocycles. The normalized spacial score (nSPS) is 16.9. The quantitative estimate of drug-likeness (QED) is 0.570. The smallest absolute Gasteiger partial charge is 0.269 e. The van der Waals surface area contributed by atoms with Crippen LogP contribution >= 0.6 is 0 Å². The third-order valence-corrected chi connectivity index (χ3v) is 4.42. The minimum absolute atomic E-state index is 0.284. The second-order valence-electron chi connectivity index (χ2n) is 6.34. The van der Waals surface area contributed by atoms with Crippen LogP contribution in [0.3, 0.4) is 0 Å². The fourth-order valence-corrected chi connectivity index (χ4v) is 3.00. The number of carbonyl (C=O) groups is 2. The van der Waals surface area contributed by atoms with Gasteiger partial charge in [0.1, 0.15) is 11.4 Å². The first-order valence-electron chi connectivity index (χ1n) is 9.15. The maximum atomic E-state index is 12.4. The monoisotopic (exact) mass is 380 g/mol. The number of hydrogen-bond acceptors (Lipinski definition) is 6. The summed E-state index contributed by atoms with van der Waals surface area (Å²) >= 11 is 0. The second-order valence-corrected chi connectivity index (χ2v) is 6.34. The molecule has 0 unspecified atom stereocenters. The van der Waals surface area contributed by atoms with Crippen LogP contribution in [0, 0.1) is 0 Å². The summed E-state index contributed by atoms with van der Waals surface area (Å²) in [4.78, 5) is 33.8. The summed E-state index contributed by atoms with van der Waals surface area (Å²) in [6.45, 7) is 2.36. The van der Waals surface area contributed by atoms with Crippen LogP contribution in [-0.4, -0.2) is 61.3 Å². The largest absolute Gasteiger partial charge is 0.377 e. The van der Waals surface area contributed by atoms with Crippen molar-refractivity contribution in [2.24, 2.45) is 0 Å². The second kappa shape index (κ2) is 8.28. The van der Waals surface area contributed by atoms with Gasteiger partial charge in [0.25, 0.3) is 11.8 Å². The average molecular weight is 380 g/mol. The molecule has 3 aromatic rings. The van der Waals surface area contributed by atoms with Gasteiger partial charge in [-0.25, -0.2) is 9.97 Å². The molecule has 0 spiro atoms.